The van der Waals surface area contributed by atoms with Crippen LogP contribution in [-0.2, 0) is 20.9 Å². The van der Waals surface area contributed by atoms with Gasteiger partial charge in [0.05, 0.1) is 0 Å². The third kappa shape index (κ3) is 10.9. The van der Waals surface area contributed by atoms with Gasteiger partial charge in [-0.15, -0.1) is 0 Å². The highest BCUT2D eigenvalue weighted by atomic mass is 16.6. The van der Waals surface area contributed by atoms with Gasteiger partial charge in [-0.2, -0.15) is 0 Å². The van der Waals surface area contributed by atoms with E-state index in [1.54, 1.807) is 14.2 Å². The zero-order valence-electron chi connectivity index (χ0n) is 13.8. The van der Waals surface area contributed by atoms with Crippen molar-refractivity contribution in [3.8, 4) is 0 Å². The Balaban J connectivity index is 0.000000980. The van der Waals surface area contributed by atoms with Crippen molar-refractivity contribution in [2.45, 2.75) is 32.8 Å². The van der Waals surface area contributed by atoms with Crippen molar-refractivity contribution < 1.29 is 19.1 Å². The number of rotatable bonds is 8. The number of nitrogens with zero attached hydrogens (tertiary/aromatic N) is 1. The highest BCUT2D eigenvalue weighted by molar-refractivity contribution is 5.67. The summed E-state index contributed by atoms with van der Waals surface area (Å²) >= 11 is 0. The van der Waals surface area contributed by atoms with Crippen LogP contribution in [0, 0.1) is 0 Å². The first-order valence-electron chi connectivity index (χ1n) is 7.50. The maximum absolute atomic E-state index is 11.6. The summed E-state index contributed by atoms with van der Waals surface area (Å²) in [4.78, 5) is 23.3. The van der Waals surface area contributed by atoms with Gasteiger partial charge in [-0.3, -0.25) is 0 Å². The summed E-state index contributed by atoms with van der Waals surface area (Å²) in [6.45, 7) is 3.68. The second-order valence-electron chi connectivity index (χ2n) is 4.70. The molecule has 0 radical (unpaired) electrons. The molecule has 1 aromatic carbocycles. The minimum Gasteiger partial charge on any atom is -0.445 e. The highest BCUT2D eigenvalue weighted by Crippen LogP contribution is 2.03. The van der Waals surface area contributed by atoms with Gasteiger partial charge in [-0.05, 0) is 25.3 Å². The Morgan fingerprint density at radius 1 is 1.23 bits per heavy atom. The maximum atomic E-state index is 11.6. The number of amides is 1. The molecule has 22 heavy (non-hydrogen) atoms. The molecule has 1 rings (SSSR count). The van der Waals surface area contributed by atoms with Gasteiger partial charge in [0.1, 0.15) is 12.9 Å². The van der Waals surface area contributed by atoms with E-state index in [-0.39, 0.29) is 6.09 Å². The first-order chi connectivity index (χ1) is 10.7. The summed E-state index contributed by atoms with van der Waals surface area (Å²) in [5.41, 5.74) is 0.972. The van der Waals surface area contributed by atoms with Crippen LogP contribution in [-0.4, -0.2) is 44.6 Å². The van der Waals surface area contributed by atoms with Crippen LogP contribution >= 0.6 is 0 Å². The summed E-state index contributed by atoms with van der Waals surface area (Å²) in [6, 6.07) is 9.57. The van der Waals surface area contributed by atoms with Gasteiger partial charge in [0.15, 0.2) is 0 Å². The first kappa shape index (κ1) is 20.1. The third-order valence-electron chi connectivity index (χ3n) is 2.87. The van der Waals surface area contributed by atoms with Gasteiger partial charge >= 0.3 is 6.09 Å². The molecule has 124 valence electrons. The molecule has 0 atom stereocenters. The molecule has 0 aliphatic heterocycles. The van der Waals surface area contributed by atoms with E-state index in [2.05, 4.69) is 4.74 Å². The molecule has 0 aliphatic rings. The molecule has 0 saturated carbocycles. The third-order valence-corrected chi connectivity index (χ3v) is 2.87. The Kier molecular flexibility index (Phi) is 12.9. The average molecular weight is 309 g/mol. The summed E-state index contributed by atoms with van der Waals surface area (Å²) in [5, 5.41) is 0. The number of hydrogen-bond donors (Lipinski definition) is 0. The van der Waals surface area contributed by atoms with Gasteiger partial charge in [-0.25, -0.2) is 4.79 Å². The number of carbonyl (C=O) groups is 2. The monoisotopic (exact) mass is 309 g/mol. The lowest BCUT2D eigenvalue weighted by atomic mass is 10.2. The summed E-state index contributed by atoms with van der Waals surface area (Å²) in [7, 11) is 3.38. The second-order valence-corrected chi connectivity index (χ2v) is 4.70. The normalized spacial score (nSPS) is 9.41. The van der Waals surface area contributed by atoms with E-state index < -0.39 is 0 Å². The van der Waals surface area contributed by atoms with Crippen molar-refractivity contribution in [3.63, 3.8) is 0 Å². The molecule has 0 aromatic heterocycles. The van der Waals surface area contributed by atoms with E-state index in [9.17, 15) is 9.59 Å². The Bertz CT molecular complexity index is 393. The molecule has 0 aliphatic carbocycles. The van der Waals surface area contributed by atoms with Crippen molar-refractivity contribution in [2.75, 3.05) is 27.3 Å². The largest absolute Gasteiger partial charge is 0.445 e. The summed E-state index contributed by atoms with van der Waals surface area (Å²) in [5.74, 6) is 0. The van der Waals surface area contributed by atoms with E-state index in [1.165, 1.54) is 4.90 Å². The molecular formula is C17H27NO4. The summed E-state index contributed by atoms with van der Waals surface area (Å²) < 4.78 is 9.71. The van der Waals surface area contributed by atoms with Crippen LogP contribution in [0.15, 0.2) is 30.3 Å². The van der Waals surface area contributed by atoms with Crippen molar-refractivity contribution in [1.82, 2.24) is 4.90 Å². The van der Waals surface area contributed by atoms with Crippen LogP contribution in [0.5, 0.6) is 0 Å². The summed E-state index contributed by atoms with van der Waals surface area (Å²) in [6.07, 6.45) is 2.74. The van der Waals surface area contributed by atoms with E-state index in [0.717, 1.165) is 31.3 Å². The van der Waals surface area contributed by atoms with E-state index in [1.807, 2.05) is 37.3 Å². The zero-order valence-corrected chi connectivity index (χ0v) is 13.8. The fourth-order valence-corrected chi connectivity index (χ4v) is 1.50. The predicted octanol–water partition coefficient (Wildman–Crippen LogP) is 3.28. The smallest absolute Gasteiger partial charge is 0.409 e. The molecule has 5 heteroatoms. The molecule has 0 bridgehead atoms. The minimum absolute atomic E-state index is 0.290. The van der Waals surface area contributed by atoms with Crippen molar-refractivity contribution >= 4 is 12.4 Å². The maximum Gasteiger partial charge on any atom is 0.409 e. The van der Waals surface area contributed by atoms with E-state index in [4.69, 9.17) is 4.74 Å². The lowest BCUT2D eigenvalue weighted by Crippen LogP contribution is -2.28. The minimum atomic E-state index is -0.329. The molecule has 0 heterocycles. The lowest BCUT2D eigenvalue weighted by molar-refractivity contribution is -0.107. The Hall–Kier alpha value is -1.88. The van der Waals surface area contributed by atoms with Gasteiger partial charge in [0, 0.05) is 33.7 Å². The van der Waals surface area contributed by atoms with Gasteiger partial charge < -0.3 is 19.2 Å². The van der Waals surface area contributed by atoms with Crippen LogP contribution in [0.2, 0.25) is 0 Å². The fourth-order valence-electron chi connectivity index (χ4n) is 1.50. The Labute approximate surface area is 133 Å². The SMILES string of the molecule is CCOC.CN(CCCCC=O)C(=O)OCc1ccccc1. The van der Waals surface area contributed by atoms with E-state index >= 15 is 0 Å². The van der Waals surface area contributed by atoms with Gasteiger partial charge in [0.25, 0.3) is 0 Å². The van der Waals surface area contributed by atoms with Crippen LogP contribution in [0.25, 0.3) is 0 Å². The number of hydrogen-bond acceptors (Lipinski definition) is 4. The molecule has 1 aromatic rings. The Morgan fingerprint density at radius 2 is 1.86 bits per heavy atom. The zero-order chi connectivity index (χ0) is 16.6. The topological polar surface area (TPSA) is 55.8 Å². The van der Waals surface area contributed by atoms with E-state index in [0.29, 0.717) is 19.6 Å². The number of unbranched alkanes of at least 4 members (excludes halogenated alkanes) is 2. The van der Waals surface area contributed by atoms with Crippen molar-refractivity contribution in [2.24, 2.45) is 0 Å². The van der Waals surface area contributed by atoms with Crippen LogP contribution < -0.4 is 0 Å². The number of aldehydes is 1. The van der Waals surface area contributed by atoms with Gasteiger partial charge in [0.2, 0.25) is 0 Å². The van der Waals surface area contributed by atoms with Crippen LogP contribution in [0.3, 0.4) is 0 Å². The number of benzene rings is 1. The van der Waals surface area contributed by atoms with Crippen molar-refractivity contribution in [1.29, 1.82) is 0 Å². The lowest BCUT2D eigenvalue weighted by Gasteiger charge is -2.16. The highest BCUT2D eigenvalue weighted by Gasteiger charge is 2.09. The molecule has 0 saturated heterocycles. The molecule has 0 unspecified atom stereocenters. The molecular weight excluding hydrogens is 282 g/mol. The second kappa shape index (κ2) is 14.1. The number of ether oxygens (including phenoxy) is 2. The molecule has 0 spiro atoms. The number of methoxy groups -OCH3 is 1. The molecule has 5 nitrogen and oxygen atoms in total. The van der Waals surface area contributed by atoms with Crippen LogP contribution in [0.1, 0.15) is 31.7 Å². The first-order valence-corrected chi connectivity index (χ1v) is 7.50. The van der Waals surface area contributed by atoms with Crippen molar-refractivity contribution in [3.05, 3.63) is 35.9 Å². The fraction of sp³-hybridized carbons (Fsp3) is 0.529. The molecule has 0 N–H and O–H groups in total. The average Bonchev–Trinajstić information content (AvgIpc) is 2.57. The molecule has 0 fully saturated rings. The Morgan fingerprint density at radius 3 is 2.41 bits per heavy atom. The molecule has 1 amide bonds. The number of carbonyl (C=O) groups excluding carboxylic acids is 2. The van der Waals surface area contributed by atoms with Crippen LogP contribution in [0.4, 0.5) is 4.79 Å². The predicted molar refractivity (Wildman–Crippen MR) is 86.7 cm³/mol. The van der Waals surface area contributed by atoms with Gasteiger partial charge in [-0.1, -0.05) is 30.3 Å². The quantitative estimate of drug-likeness (QED) is 0.546. The standard InChI is InChI=1S/C14H19NO3.C3H8O/c1-15(10-6-3-7-11-16)14(17)18-12-13-8-4-2-5-9-13;1-3-4-2/h2,4-5,8-9,11H,3,6-7,10,12H2,1H3;3H2,1-2H3.